The summed E-state index contributed by atoms with van der Waals surface area (Å²) >= 11 is 5.92. The predicted octanol–water partition coefficient (Wildman–Crippen LogP) is 4.21. The molecule has 144 valence electrons. The van der Waals surface area contributed by atoms with Gasteiger partial charge in [-0.2, -0.15) is 4.31 Å². The van der Waals surface area contributed by atoms with Crippen LogP contribution in [0.5, 0.6) is 0 Å². The molecule has 0 bridgehead atoms. The minimum absolute atomic E-state index is 0.0132. The SMILES string of the molecule is Cc1ccc(NC(=O)c2c(F)cccc2Cl)cc1S(=O)(=O)N1CCCCC1. The number of aryl methyl sites for hydroxylation is 1. The number of anilines is 1. The Bertz CT molecular complexity index is 953. The van der Waals surface area contributed by atoms with Gasteiger partial charge >= 0.3 is 0 Å². The zero-order valence-electron chi connectivity index (χ0n) is 14.8. The highest BCUT2D eigenvalue weighted by molar-refractivity contribution is 7.89. The monoisotopic (exact) mass is 410 g/mol. The maximum Gasteiger partial charge on any atom is 0.260 e. The number of carbonyl (C=O) groups excluding carboxylic acids is 1. The van der Waals surface area contributed by atoms with Gasteiger partial charge in [0.25, 0.3) is 5.91 Å². The average Bonchev–Trinajstić information content (AvgIpc) is 2.64. The highest BCUT2D eigenvalue weighted by Gasteiger charge is 2.28. The van der Waals surface area contributed by atoms with E-state index in [9.17, 15) is 17.6 Å². The molecule has 1 fully saturated rings. The maximum absolute atomic E-state index is 13.9. The van der Waals surface area contributed by atoms with Crippen LogP contribution >= 0.6 is 11.6 Å². The third-order valence-electron chi connectivity index (χ3n) is 4.57. The second-order valence-electron chi connectivity index (χ2n) is 6.50. The van der Waals surface area contributed by atoms with Crippen LogP contribution in [0.4, 0.5) is 10.1 Å². The van der Waals surface area contributed by atoms with Crippen LogP contribution in [0.25, 0.3) is 0 Å². The Morgan fingerprint density at radius 2 is 1.85 bits per heavy atom. The zero-order valence-corrected chi connectivity index (χ0v) is 16.4. The second kappa shape index (κ2) is 7.96. The summed E-state index contributed by atoms with van der Waals surface area (Å²) in [6.45, 7) is 2.68. The first-order valence-electron chi connectivity index (χ1n) is 8.67. The van der Waals surface area contributed by atoms with E-state index < -0.39 is 21.7 Å². The Kier molecular flexibility index (Phi) is 5.83. The molecule has 1 N–H and O–H groups in total. The maximum atomic E-state index is 13.9. The fourth-order valence-corrected chi connectivity index (χ4v) is 5.13. The van der Waals surface area contributed by atoms with Gasteiger partial charge in [0.2, 0.25) is 10.0 Å². The van der Waals surface area contributed by atoms with Crippen LogP contribution in [0.1, 0.15) is 35.2 Å². The third kappa shape index (κ3) is 4.15. The lowest BCUT2D eigenvalue weighted by Crippen LogP contribution is -2.36. The van der Waals surface area contributed by atoms with Gasteiger partial charge in [0.05, 0.1) is 15.5 Å². The van der Waals surface area contributed by atoms with Crippen molar-refractivity contribution in [2.75, 3.05) is 18.4 Å². The molecule has 2 aromatic carbocycles. The molecule has 1 saturated heterocycles. The van der Waals surface area contributed by atoms with Crippen LogP contribution in [0.3, 0.4) is 0 Å². The summed E-state index contributed by atoms with van der Waals surface area (Å²) in [5.41, 5.74) is 0.572. The van der Waals surface area contributed by atoms with E-state index in [2.05, 4.69) is 5.32 Å². The molecule has 1 aliphatic heterocycles. The van der Waals surface area contributed by atoms with Crippen LogP contribution < -0.4 is 5.32 Å². The lowest BCUT2D eigenvalue weighted by molar-refractivity contribution is 0.102. The van der Waals surface area contributed by atoms with E-state index in [0.29, 0.717) is 18.7 Å². The number of carbonyl (C=O) groups is 1. The van der Waals surface area contributed by atoms with E-state index >= 15 is 0 Å². The number of hydrogen-bond acceptors (Lipinski definition) is 3. The molecule has 0 saturated carbocycles. The van der Waals surface area contributed by atoms with Gasteiger partial charge in [-0.1, -0.05) is 30.2 Å². The molecule has 1 amide bonds. The fourth-order valence-electron chi connectivity index (χ4n) is 3.11. The summed E-state index contributed by atoms with van der Waals surface area (Å²) in [6, 6.07) is 8.57. The largest absolute Gasteiger partial charge is 0.322 e. The van der Waals surface area contributed by atoms with Gasteiger partial charge in [0.15, 0.2) is 0 Å². The van der Waals surface area contributed by atoms with E-state index in [4.69, 9.17) is 11.6 Å². The Morgan fingerprint density at radius 1 is 1.15 bits per heavy atom. The highest BCUT2D eigenvalue weighted by Crippen LogP contribution is 2.27. The van der Waals surface area contributed by atoms with E-state index in [1.165, 1.54) is 22.5 Å². The predicted molar refractivity (Wildman–Crippen MR) is 103 cm³/mol. The van der Waals surface area contributed by atoms with Crippen molar-refractivity contribution in [1.82, 2.24) is 4.31 Å². The molecule has 1 aliphatic rings. The highest BCUT2D eigenvalue weighted by atomic mass is 35.5. The van der Waals surface area contributed by atoms with Crippen molar-refractivity contribution < 1.29 is 17.6 Å². The first-order chi connectivity index (χ1) is 12.8. The normalized spacial score (nSPS) is 15.5. The molecule has 0 spiro atoms. The Labute approximate surface area is 163 Å². The van der Waals surface area contributed by atoms with Crippen molar-refractivity contribution in [2.45, 2.75) is 31.1 Å². The molecule has 3 rings (SSSR count). The van der Waals surface area contributed by atoms with Crippen LogP contribution in [0.15, 0.2) is 41.3 Å². The van der Waals surface area contributed by atoms with Gasteiger partial charge in [-0.05, 0) is 49.6 Å². The first kappa shape index (κ1) is 19.8. The number of nitrogens with one attached hydrogen (secondary N) is 1. The summed E-state index contributed by atoms with van der Waals surface area (Å²) < 4.78 is 41.3. The van der Waals surface area contributed by atoms with Crippen LogP contribution in [0, 0.1) is 12.7 Å². The lowest BCUT2D eigenvalue weighted by Gasteiger charge is -2.26. The van der Waals surface area contributed by atoms with Gasteiger partial charge in [0, 0.05) is 18.8 Å². The number of benzene rings is 2. The van der Waals surface area contributed by atoms with Gasteiger partial charge < -0.3 is 5.32 Å². The second-order valence-corrected chi connectivity index (χ2v) is 8.81. The number of sulfonamides is 1. The smallest absolute Gasteiger partial charge is 0.260 e. The number of amides is 1. The van der Waals surface area contributed by atoms with Crippen LogP contribution in [0.2, 0.25) is 5.02 Å². The van der Waals surface area contributed by atoms with E-state index in [1.807, 2.05) is 0 Å². The molecule has 0 unspecified atom stereocenters. The van der Waals surface area contributed by atoms with E-state index in [1.54, 1.807) is 19.1 Å². The van der Waals surface area contributed by atoms with E-state index in [-0.39, 0.29) is 21.2 Å². The molecule has 27 heavy (non-hydrogen) atoms. The summed E-state index contributed by atoms with van der Waals surface area (Å²) in [7, 11) is -3.65. The van der Waals surface area contributed by atoms with Gasteiger partial charge in [-0.3, -0.25) is 4.79 Å². The standard InChI is InChI=1S/C19H20ClFN2O3S/c1-13-8-9-14(22-19(24)18-15(20)6-5-7-16(18)21)12-17(13)27(25,26)23-10-3-2-4-11-23/h5-9,12H,2-4,10-11H2,1H3,(H,22,24). The quantitative estimate of drug-likeness (QED) is 0.820. The van der Waals surface area contributed by atoms with Gasteiger partial charge in [0.1, 0.15) is 5.82 Å². The van der Waals surface area contributed by atoms with Crippen molar-refractivity contribution in [3.8, 4) is 0 Å². The molecule has 0 atom stereocenters. The summed E-state index contributed by atoms with van der Waals surface area (Å²) in [4.78, 5) is 12.5. The number of piperidine rings is 1. The number of hydrogen-bond donors (Lipinski definition) is 1. The molecule has 0 aromatic heterocycles. The Morgan fingerprint density at radius 3 is 2.52 bits per heavy atom. The van der Waals surface area contributed by atoms with Crippen molar-refractivity contribution in [2.24, 2.45) is 0 Å². The van der Waals surface area contributed by atoms with E-state index in [0.717, 1.165) is 25.3 Å². The summed E-state index contributed by atoms with van der Waals surface area (Å²) in [5.74, 6) is -1.48. The number of halogens is 2. The minimum atomic E-state index is -3.65. The molecular formula is C19H20ClFN2O3S. The van der Waals surface area contributed by atoms with Gasteiger partial charge in [-0.15, -0.1) is 0 Å². The molecule has 1 heterocycles. The molecule has 0 radical (unpaired) electrons. The van der Waals surface area contributed by atoms with Gasteiger partial charge in [-0.25, -0.2) is 12.8 Å². The summed E-state index contributed by atoms with van der Waals surface area (Å²) in [5, 5.41) is 2.52. The fraction of sp³-hybridized carbons (Fsp3) is 0.316. The third-order valence-corrected chi connectivity index (χ3v) is 6.92. The molecule has 2 aromatic rings. The van der Waals surface area contributed by atoms with Crippen LogP contribution in [-0.4, -0.2) is 31.7 Å². The number of rotatable bonds is 4. The Balaban J connectivity index is 1.90. The number of nitrogens with zero attached hydrogens (tertiary/aromatic N) is 1. The summed E-state index contributed by atoms with van der Waals surface area (Å²) in [6.07, 6.45) is 2.69. The van der Waals surface area contributed by atoms with Crippen molar-refractivity contribution >= 4 is 33.2 Å². The zero-order chi connectivity index (χ0) is 19.6. The molecule has 0 aliphatic carbocycles. The molecule has 8 heteroatoms. The topological polar surface area (TPSA) is 66.5 Å². The average molecular weight is 411 g/mol. The van der Waals surface area contributed by atoms with Crippen molar-refractivity contribution in [3.05, 3.63) is 58.4 Å². The minimum Gasteiger partial charge on any atom is -0.322 e. The van der Waals surface area contributed by atoms with Crippen molar-refractivity contribution in [1.29, 1.82) is 0 Å². The Hall–Kier alpha value is -1.96. The van der Waals surface area contributed by atoms with Crippen molar-refractivity contribution in [3.63, 3.8) is 0 Å². The molecule has 5 nitrogen and oxygen atoms in total. The molecular weight excluding hydrogens is 391 g/mol. The lowest BCUT2D eigenvalue weighted by atomic mass is 10.1. The van der Waals surface area contributed by atoms with Crippen LogP contribution in [-0.2, 0) is 10.0 Å². The first-order valence-corrected chi connectivity index (χ1v) is 10.5.